The zero-order valence-corrected chi connectivity index (χ0v) is 9.93. The van der Waals surface area contributed by atoms with E-state index in [0.29, 0.717) is 18.3 Å². The Morgan fingerprint density at radius 1 is 1.35 bits per heavy atom. The van der Waals surface area contributed by atoms with E-state index in [1.807, 2.05) is 18.2 Å². The van der Waals surface area contributed by atoms with E-state index in [2.05, 4.69) is 0 Å². The Balaban J connectivity index is 1.63. The van der Waals surface area contributed by atoms with Crippen LogP contribution in [0.3, 0.4) is 0 Å². The van der Waals surface area contributed by atoms with Crippen LogP contribution < -0.4 is 0 Å². The number of esters is 1. The van der Waals surface area contributed by atoms with E-state index in [4.69, 9.17) is 9.47 Å². The lowest BCUT2D eigenvalue weighted by molar-refractivity contribution is 0.0461. The van der Waals surface area contributed by atoms with Gasteiger partial charge in [0.2, 0.25) is 0 Å². The third-order valence-electron chi connectivity index (χ3n) is 2.94. The van der Waals surface area contributed by atoms with Crippen LogP contribution in [0.4, 0.5) is 0 Å². The van der Waals surface area contributed by atoms with Gasteiger partial charge in [0, 0.05) is 6.61 Å². The van der Waals surface area contributed by atoms with E-state index in [-0.39, 0.29) is 5.97 Å². The summed E-state index contributed by atoms with van der Waals surface area (Å²) in [6, 6.07) is 9.09. The third-order valence-corrected chi connectivity index (χ3v) is 2.94. The van der Waals surface area contributed by atoms with Gasteiger partial charge in [-0.3, -0.25) is 0 Å². The highest BCUT2D eigenvalue weighted by Crippen LogP contribution is 2.16. The average molecular weight is 234 g/mol. The van der Waals surface area contributed by atoms with Gasteiger partial charge in [0.25, 0.3) is 0 Å². The summed E-state index contributed by atoms with van der Waals surface area (Å²) < 4.78 is 10.7. The van der Waals surface area contributed by atoms with Gasteiger partial charge in [0.15, 0.2) is 0 Å². The zero-order chi connectivity index (χ0) is 11.9. The van der Waals surface area contributed by atoms with E-state index in [0.717, 1.165) is 32.3 Å². The molecule has 1 atom stereocenters. The minimum atomic E-state index is -0.238. The van der Waals surface area contributed by atoms with Crippen molar-refractivity contribution in [3.63, 3.8) is 0 Å². The Morgan fingerprint density at radius 3 is 2.88 bits per heavy atom. The molecular weight excluding hydrogens is 216 g/mol. The number of ether oxygens (including phenoxy) is 2. The molecule has 1 heterocycles. The number of carbonyl (C=O) groups is 1. The maximum Gasteiger partial charge on any atom is 0.338 e. The van der Waals surface area contributed by atoms with Crippen molar-refractivity contribution in [2.75, 3.05) is 13.2 Å². The molecular formula is C14H18O3. The number of hydrogen-bond acceptors (Lipinski definition) is 3. The second-order valence-electron chi connectivity index (χ2n) is 4.28. The van der Waals surface area contributed by atoms with E-state index < -0.39 is 0 Å². The number of rotatable bonds is 5. The number of carbonyl (C=O) groups excluding carboxylic acids is 1. The number of hydrogen-bond donors (Lipinski definition) is 0. The molecule has 3 heteroatoms. The second kappa shape index (κ2) is 6.40. The molecule has 1 aromatic carbocycles. The first kappa shape index (κ1) is 12.1. The molecule has 1 fully saturated rings. The Morgan fingerprint density at radius 2 is 2.18 bits per heavy atom. The smallest absolute Gasteiger partial charge is 0.338 e. The summed E-state index contributed by atoms with van der Waals surface area (Å²) in [5, 5.41) is 0. The fourth-order valence-corrected chi connectivity index (χ4v) is 2.01. The summed E-state index contributed by atoms with van der Waals surface area (Å²) in [4.78, 5) is 11.6. The van der Waals surface area contributed by atoms with Crippen molar-refractivity contribution in [3.8, 4) is 0 Å². The van der Waals surface area contributed by atoms with Crippen molar-refractivity contribution in [2.45, 2.75) is 31.8 Å². The third kappa shape index (κ3) is 3.86. The fourth-order valence-electron chi connectivity index (χ4n) is 2.01. The first-order chi connectivity index (χ1) is 8.36. The summed E-state index contributed by atoms with van der Waals surface area (Å²) in [7, 11) is 0. The molecule has 1 aliphatic rings. The van der Waals surface area contributed by atoms with Crippen LogP contribution in [0.25, 0.3) is 0 Å². The van der Waals surface area contributed by atoms with Gasteiger partial charge in [-0.1, -0.05) is 18.2 Å². The number of benzene rings is 1. The molecule has 0 bridgehead atoms. The molecule has 0 amide bonds. The van der Waals surface area contributed by atoms with E-state index in [9.17, 15) is 4.79 Å². The lowest BCUT2D eigenvalue weighted by Gasteiger charge is -2.09. The normalized spacial score (nSPS) is 19.2. The van der Waals surface area contributed by atoms with Crippen molar-refractivity contribution >= 4 is 5.97 Å². The van der Waals surface area contributed by atoms with Crippen LogP contribution in [0.5, 0.6) is 0 Å². The summed E-state index contributed by atoms with van der Waals surface area (Å²) >= 11 is 0. The van der Waals surface area contributed by atoms with Crippen molar-refractivity contribution in [1.29, 1.82) is 0 Å². The first-order valence-electron chi connectivity index (χ1n) is 6.20. The van der Waals surface area contributed by atoms with Gasteiger partial charge in [-0.25, -0.2) is 4.79 Å². The minimum absolute atomic E-state index is 0.238. The van der Waals surface area contributed by atoms with Crippen LogP contribution in [-0.2, 0) is 9.47 Å². The Hall–Kier alpha value is -1.35. The maximum atomic E-state index is 11.6. The Kier molecular flexibility index (Phi) is 4.56. The highest BCUT2D eigenvalue weighted by molar-refractivity contribution is 5.89. The SMILES string of the molecule is O=C(OCCCC1CCCO1)c1ccccc1. The molecule has 1 unspecified atom stereocenters. The van der Waals surface area contributed by atoms with Crippen molar-refractivity contribution < 1.29 is 14.3 Å². The van der Waals surface area contributed by atoms with Crippen molar-refractivity contribution in [1.82, 2.24) is 0 Å². The second-order valence-corrected chi connectivity index (χ2v) is 4.28. The molecule has 0 saturated carbocycles. The van der Waals surface area contributed by atoms with Gasteiger partial charge in [0.05, 0.1) is 18.3 Å². The van der Waals surface area contributed by atoms with Gasteiger partial charge in [-0.15, -0.1) is 0 Å². The van der Waals surface area contributed by atoms with Gasteiger partial charge >= 0.3 is 5.97 Å². The maximum absolute atomic E-state index is 11.6. The molecule has 0 aliphatic carbocycles. The van der Waals surface area contributed by atoms with Crippen LogP contribution in [0, 0.1) is 0 Å². The van der Waals surface area contributed by atoms with Crippen LogP contribution in [0.2, 0.25) is 0 Å². The largest absolute Gasteiger partial charge is 0.462 e. The van der Waals surface area contributed by atoms with E-state index in [1.54, 1.807) is 12.1 Å². The molecule has 92 valence electrons. The summed E-state index contributed by atoms with van der Waals surface area (Å²) in [5.74, 6) is -0.238. The molecule has 17 heavy (non-hydrogen) atoms. The molecule has 1 aliphatic heterocycles. The lowest BCUT2D eigenvalue weighted by atomic mass is 10.1. The predicted molar refractivity (Wildman–Crippen MR) is 64.9 cm³/mol. The van der Waals surface area contributed by atoms with Crippen LogP contribution in [-0.4, -0.2) is 25.3 Å². The monoisotopic (exact) mass is 234 g/mol. The highest BCUT2D eigenvalue weighted by Gasteiger charge is 2.15. The van der Waals surface area contributed by atoms with Gasteiger partial charge in [-0.05, 0) is 37.8 Å². The van der Waals surface area contributed by atoms with Crippen molar-refractivity contribution in [2.24, 2.45) is 0 Å². The molecule has 0 spiro atoms. The van der Waals surface area contributed by atoms with Crippen LogP contribution in [0.1, 0.15) is 36.0 Å². The molecule has 0 N–H and O–H groups in total. The molecule has 2 rings (SSSR count). The van der Waals surface area contributed by atoms with E-state index in [1.165, 1.54) is 0 Å². The molecule has 1 aromatic rings. The molecule has 0 radical (unpaired) electrons. The first-order valence-corrected chi connectivity index (χ1v) is 6.20. The molecule has 1 saturated heterocycles. The van der Waals surface area contributed by atoms with Gasteiger partial charge in [0.1, 0.15) is 0 Å². The Labute approximate surface area is 102 Å². The summed E-state index contributed by atoms with van der Waals surface area (Å²) in [5.41, 5.74) is 0.615. The quantitative estimate of drug-likeness (QED) is 0.580. The highest BCUT2D eigenvalue weighted by atomic mass is 16.5. The lowest BCUT2D eigenvalue weighted by Crippen LogP contribution is -2.10. The van der Waals surface area contributed by atoms with Crippen LogP contribution >= 0.6 is 0 Å². The summed E-state index contributed by atoms with van der Waals surface area (Å²) in [6.07, 6.45) is 4.55. The minimum Gasteiger partial charge on any atom is -0.462 e. The topological polar surface area (TPSA) is 35.5 Å². The Bertz CT molecular complexity index is 342. The fraction of sp³-hybridized carbons (Fsp3) is 0.500. The summed E-state index contributed by atoms with van der Waals surface area (Å²) in [6.45, 7) is 1.36. The zero-order valence-electron chi connectivity index (χ0n) is 9.93. The van der Waals surface area contributed by atoms with Crippen molar-refractivity contribution in [3.05, 3.63) is 35.9 Å². The standard InChI is InChI=1S/C14H18O3/c15-14(12-6-2-1-3-7-12)17-11-5-9-13-8-4-10-16-13/h1-3,6-7,13H,4-5,8-11H2. The molecule has 3 nitrogen and oxygen atoms in total. The average Bonchev–Trinajstić information content (AvgIpc) is 2.88. The van der Waals surface area contributed by atoms with E-state index >= 15 is 0 Å². The molecule has 0 aromatic heterocycles. The van der Waals surface area contributed by atoms with Gasteiger partial charge < -0.3 is 9.47 Å². The van der Waals surface area contributed by atoms with Gasteiger partial charge in [-0.2, -0.15) is 0 Å². The van der Waals surface area contributed by atoms with Crippen LogP contribution in [0.15, 0.2) is 30.3 Å². The predicted octanol–water partition coefficient (Wildman–Crippen LogP) is 2.80.